The summed E-state index contributed by atoms with van der Waals surface area (Å²) < 4.78 is 6.73. The van der Waals surface area contributed by atoms with Crippen molar-refractivity contribution in [2.45, 2.75) is 65.8 Å². The van der Waals surface area contributed by atoms with Crippen molar-refractivity contribution in [3.63, 3.8) is 0 Å². The van der Waals surface area contributed by atoms with Gasteiger partial charge in [0.25, 0.3) is 0 Å². The topological polar surface area (TPSA) is 35.2 Å². The Labute approximate surface area is 132 Å². The molecule has 1 aromatic rings. The van der Waals surface area contributed by atoms with Crippen LogP contribution in [0.5, 0.6) is 0 Å². The Morgan fingerprint density at radius 2 is 1.71 bits per heavy atom. The fourth-order valence-corrected chi connectivity index (χ4v) is 5.40. The van der Waals surface area contributed by atoms with Crippen molar-refractivity contribution in [1.29, 1.82) is 0 Å². The van der Waals surface area contributed by atoms with Crippen LogP contribution < -0.4 is 5.73 Å². The van der Waals surface area contributed by atoms with E-state index in [0.717, 1.165) is 23.8 Å². The van der Waals surface area contributed by atoms with E-state index in [2.05, 4.69) is 54.0 Å². The molecule has 0 aromatic heterocycles. The zero-order valence-corrected chi connectivity index (χ0v) is 15.6. The molecule has 0 fully saturated rings. The Bertz CT molecular complexity index is 427. The summed E-state index contributed by atoms with van der Waals surface area (Å²) in [4.78, 5) is 0. The molecule has 119 valence electrons. The predicted octanol–water partition coefficient (Wildman–Crippen LogP) is 5.58. The second-order valence-corrected chi connectivity index (χ2v) is 11.7. The van der Waals surface area contributed by atoms with Crippen molar-refractivity contribution >= 4 is 14.0 Å². The Hall–Kier alpha value is -0.803. The SMILES string of the molecule is CC[Si](CC)(CC)O[C@H]([CH]C(C)(C)C)c1cccc(N)c1. The standard InChI is InChI=1S/C18H32NOSi/c1-7-21(8-2,9-3)20-17(14-18(4,5)6)15-11-10-12-16(19)13-15/h10-14,17H,7-9,19H2,1-6H3/t17-/m1/s1. The first-order valence-electron chi connectivity index (χ1n) is 8.14. The number of benzene rings is 1. The van der Waals surface area contributed by atoms with E-state index in [1.807, 2.05) is 18.2 Å². The van der Waals surface area contributed by atoms with Crippen molar-refractivity contribution in [2.24, 2.45) is 5.41 Å². The average molecular weight is 307 g/mol. The van der Waals surface area contributed by atoms with Gasteiger partial charge >= 0.3 is 0 Å². The first-order valence-corrected chi connectivity index (χ1v) is 10.7. The molecule has 2 nitrogen and oxygen atoms in total. The van der Waals surface area contributed by atoms with Gasteiger partial charge in [0.15, 0.2) is 8.32 Å². The quantitative estimate of drug-likeness (QED) is 0.527. The second-order valence-electron chi connectivity index (χ2n) is 6.98. The van der Waals surface area contributed by atoms with Crippen LogP contribution in [-0.4, -0.2) is 8.32 Å². The molecule has 1 rings (SSSR count). The molecule has 0 saturated carbocycles. The Morgan fingerprint density at radius 1 is 1.14 bits per heavy atom. The lowest BCUT2D eigenvalue weighted by Crippen LogP contribution is -2.38. The summed E-state index contributed by atoms with van der Waals surface area (Å²) in [5, 5.41) is 0. The monoisotopic (exact) mass is 306 g/mol. The van der Waals surface area contributed by atoms with Gasteiger partial charge in [-0.1, -0.05) is 53.7 Å². The highest BCUT2D eigenvalue weighted by Crippen LogP contribution is 2.36. The molecule has 2 N–H and O–H groups in total. The van der Waals surface area contributed by atoms with E-state index in [4.69, 9.17) is 10.2 Å². The molecule has 1 aromatic carbocycles. The zero-order valence-electron chi connectivity index (χ0n) is 14.6. The molecular formula is C18H32NOSi. The van der Waals surface area contributed by atoms with Crippen LogP contribution in [0.3, 0.4) is 0 Å². The molecule has 0 aliphatic rings. The molecule has 3 heteroatoms. The van der Waals surface area contributed by atoms with Crippen LogP contribution in [0.1, 0.15) is 53.2 Å². The zero-order chi connectivity index (χ0) is 16.1. The highest BCUT2D eigenvalue weighted by atomic mass is 28.4. The van der Waals surface area contributed by atoms with E-state index in [1.54, 1.807) is 0 Å². The lowest BCUT2D eigenvalue weighted by Gasteiger charge is -2.36. The Kier molecular flexibility index (Phi) is 6.48. The number of hydrogen-bond donors (Lipinski definition) is 1. The highest BCUT2D eigenvalue weighted by Gasteiger charge is 2.34. The summed E-state index contributed by atoms with van der Waals surface area (Å²) in [5.74, 6) is 0. The van der Waals surface area contributed by atoms with Gasteiger partial charge in [0.1, 0.15) is 0 Å². The maximum absolute atomic E-state index is 6.73. The van der Waals surface area contributed by atoms with Gasteiger partial charge in [-0.2, -0.15) is 0 Å². The number of hydrogen-bond acceptors (Lipinski definition) is 2. The number of nitrogen functional groups attached to an aromatic ring is 1. The van der Waals surface area contributed by atoms with Crippen molar-refractivity contribution in [1.82, 2.24) is 0 Å². The Morgan fingerprint density at radius 3 is 2.14 bits per heavy atom. The summed E-state index contributed by atoms with van der Waals surface area (Å²) >= 11 is 0. The molecule has 1 radical (unpaired) electrons. The van der Waals surface area contributed by atoms with Crippen LogP contribution in [0.15, 0.2) is 24.3 Å². The maximum Gasteiger partial charge on any atom is 0.192 e. The van der Waals surface area contributed by atoms with Gasteiger partial charge in [-0.3, -0.25) is 0 Å². The molecule has 0 bridgehead atoms. The fourth-order valence-electron chi connectivity index (χ4n) is 2.66. The number of anilines is 1. The van der Waals surface area contributed by atoms with Crippen LogP contribution in [0.2, 0.25) is 18.1 Å². The second kappa shape index (κ2) is 7.46. The summed E-state index contributed by atoms with van der Waals surface area (Å²) in [7, 11) is -1.65. The minimum absolute atomic E-state index is 0.0417. The van der Waals surface area contributed by atoms with Crippen molar-refractivity contribution in [3.05, 3.63) is 36.2 Å². The molecule has 0 spiro atoms. The Balaban J connectivity index is 3.08. The van der Waals surface area contributed by atoms with Crippen molar-refractivity contribution < 1.29 is 4.43 Å². The highest BCUT2D eigenvalue weighted by molar-refractivity contribution is 6.73. The van der Waals surface area contributed by atoms with Gasteiger partial charge in [0.2, 0.25) is 0 Å². The molecule has 1 atom stereocenters. The first-order chi connectivity index (χ1) is 9.75. The van der Waals surface area contributed by atoms with Gasteiger partial charge in [0.05, 0.1) is 6.10 Å². The van der Waals surface area contributed by atoms with Crippen LogP contribution >= 0.6 is 0 Å². The summed E-state index contributed by atoms with van der Waals surface area (Å²) in [6.45, 7) is 13.5. The van der Waals surface area contributed by atoms with Gasteiger partial charge in [-0.05, 0) is 47.7 Å². The lowest BCUT2D eigenvalue weighted by atomic mass is 9.87. The molecule has 21 heavy (non-hydrogen) atoms. The minimum Gasteiger partial charge on any atom is -0.410 e. The molecule has 0 aliphatic heterocycles. The maximum atomic E-state index is 6.73. The summed E-state index contributed by atoms with van der Waals surface area (Å²) in [5.41, 5.74) is 8.06. The largest absolute Gasteiger partial charge is 0.410 e. The number of rotatable bonds is 7. The van der Waals surface area contributed by atoms with Crippen LogP contribution in [-0.2, 0) is 4.43 Å². The normalized spacial score (nSPS) is 14.2. The average Bonchev–Trinajstić information content (AvgIpc) is 2.42. The molecule has 0 unspecified atom stereocenters. The third-order valence-electron chi connectivity index (χ3n) is 4.20. The minimum atomic E-state index is -1.65. The van der Waals surface area contributed by atoms with Gasteiger partial charge < -0.3 is 10.2 Å². The van der Waals surface area contributed by atoms with E-state index in [9.17, 15) is 0 Å². The van der Waals surface area contributed by atoms with Crippen molar-refractivity contribution in [2.75, 3.05) is 5.73 Å². The molecule has 0 aliphatic carbocycles. The fraction of sp³-hybridized carbons (Fsp3) is 0.611. The van der Waals surface area contributed by atoms with E-state index in [0.29, 0.717) is 0 Å². The summed E-state index contributed by atoms with van der Waals surface area (Å²) in [6.07, 6.45) is 2.37. The number of nitrogens with two attached hydrogens (primary N) is 1. The predicted molar refractivity (Wildman–Crippen MR) is 95.6 cm³/mol. The van der Waals surface area contributed by atoms with Crippen molar-refractivity contribution in [3.8, 4) is 0 Å². The van der Waals surface area contributed by atoms with Gasteiger partial charge in [-0.15, -0.1) is 0 Å². The van der Waals surface area contributed by atoms with Gasteiger partial charge in [0, 0.05) is 5.69 Å². The van der Waals surface area contributed by atoms with E-state index in [-0.39, 0.29) is 11.5 Å². The van der Waals surface area contributed by atoms with E-state index in [1.165, 1.54) is 5.56 Å². The molecule has 0 heterocycles. The van der Waals surface area contributed by atoms with Crippen LogP contribution in [0.25, 0.3) is 0 Å². The molecule has 0 amide bonds. The van der Waals surface area contributed by atoms with E-state index < -0.39 is 8.32 Å². The first kappa shape index (κ1) is 18.2. The lowest BCUT2D eigenvalue weighted by molar-refractivity contribution is 0.193. The van der Waals surface area contributed by atoms with Crippen LogP contribution in [0.4, 0.5) is 5.69 Å². The third-order valence-corrected chi connectivity index (χ3v) is 8.82. The summed E-state index contributed by atoms with van der Waals surface area (Å²) in [6, 6.07) is 11.6. The van der Waals surface area contributed by atoms with Crippen LogP contribution in [0, 0.1) is 11.8 Å². The third kappa shape index (κ3) is 5.48. The molecular weight excluding hydrogens is 274 g/mol. The van der Waals surface area contributed by atoms with Gasteiger partial charge in [-0.25, -0.2) is 0 Å². The smallest absolute Gasteiger partial charge is 0.192 e. The van der Waals surface area contributed by atoms with E-state index >= 15 is 0 Å². The molecule has 0 saturated heterocycles.